The summed E-state index contributed by atoms with van der Waals surface area (Å²) in [7, 11) is 0. The van der Waals surface area contributed by atoms with Crippen LogP contribution in [0, 0.1) is 28.6 Å². The van der Waals surface area contributed by atoms with Crippen molar-refractivity contribution in [2.45, 2.75) is 64.4 Å². The van der Waals surface area contributed by atoms with Crippen molar-refractivity contribution >= 4 is 5.78 Å². The normalized spacial score (nSPS) is 50.9. The van der Waals surface area contributed by atoms with Gasteiger partial charge in [-0.25, -0.2) is 0 Å². The van der Waals surface area contributed by atoms with Gasteiger partial charge >= 0.3 is 0 Å². The van der Waals surface area contributed by atoms with Gasteiger partial charge in [0, 0.05) is 17.3 Å². The molecule has 4 aliphatic rings. The molecule has 0 radical (unpaired) electrons. The van der Waals surface area contributed by atoms with E-state index >= 15 is 0 Å². The number of hydrogen-bond acceptors (Lipinski definition) is 3. The molecule has 3 fully saturated rings. The molecule has 0 heterocycles. The number of allylic oxidation sites excluding steroid dienone is 1. The average Bonchev–Trinajstić information content (AvgIpc) is 2.82. The smallest absolute Gasteiger partial charge is 0.139 e. The summed E-state index contributed by atoms with van der Waals surface area (Å²) >= 11 is 0. The van der Waals surface area contributed by atoms with Gasteiger partial charge in [0.15, 0.2) is 0 Å². The number of rotatable bonds is 1. The molecule has 3 saturated carbocycles. The molecule has 4 aliphatic carbocycles. The van der Waals surface area contributed by atoms with E-state index in [4.69, 9.17) is 0 Å². The third-order valence-corrected chi connectivity index (χ3v) is 7.79. The Morgan fingerprint density at radius 2 is 2.05 bits per heavy atom. The molecule has 3 heteroatoms. The minimum atomic E-state index is -0.232. The van der Waals surface area contributed by atoms with E-state index in [9.17, 15) is 15.0 Å². The van der Waals surface area contributed by atoms with Crippen molar-refractivity contribution in [3.05, 3.63) is 11.6 Å². The van der Waals surface area contributed by atoms with Crippen LogP contribution < -0.4 is 0 Å². The summed E-state index contributed by atoms with van der Waals surface area (Å²) in [5.74, 6) is 2.04. The largest absolute Gasteiger partial charge is 0.395 e. The number of hydrogen-bond donors (Lipinski definition) is 2. The number of carbonyl (C=O) groups excluding carboxylic acids is 1. The lowest BCUT2D eigenvalue weighted by molar-refractivity contribution is -0.133. The lowest BCUT2D eigenvalue weighted by Crippen LogP contribution is -2.53. The topological polar surface area (TPSA) is 57.5 Å². The Bertz CT molecular complexity index is 525. The van der Waals surface area contributed by atoms with Crippen molar-refractivity contribution in [1.29, 1.82) is 0 Å². The Morgan fingerprint density at radius 3 is 2.82 bits per heavy atom. The molecule has 0 aromatic rings. The van der Waals surface area contributed by atoms with Crippen LogP contribution in [0.5, 0.6) is 0 Å². The van der Waals surface area contributed by atoms with Crippen LogP contribution in [0.3, 0.4) is 0 Å². The summed E-state index contributed by atoms with van der Waals surface area (Å²) < 4.78 is 0. The fraction of sp³-hybridized carbons (Fsp3) is 0.842. The predicted octanol–water partition coefficient (Wildman–Crippen LogP) is 2.85. The van der Waals surface area contributed by atoms with E-state index in [1.807, 2.05) is 0 Å². The van der Waals surface area contributed by atoms with Crippen molar-refractivity contribution in [2.24, 2.45) is 28.6 Å². The van der Waals surface area contributed by atoms with Crippen LogP contribution in [0.25, 0.3) is 0 Å². The SMILES string of the molecule is C[C@]12CC[C@@H]3[C@@H](CC=C4C[C@@H](O)CC[C@@]43CO)[C@H]1CCC2=O. The van der Waals surface area contributed by atoms with Gasteiger partial charge in [0.1, 0.15) is 5.78 Å². The van der Waals surface area contributed by atoms with Crippen LogP contribution >= 0.6 is 0 Å². The Kier molecular flexibility index (Phi) is 3.32. The van der Waals surface area contributed by atoms with E-state index in [0.29, 0.717) is 23.5 Å². The highest BCUT2D eigenvalue weighted by Gasteiger charge is 2.59. The van der Waals surface area contributed by atoms with E-state index in [0.717, 1.165) is 51.4 Å². The van der Waals surface area contributed by atoms with E-state index in [1.165, 1.54) is 5.57 Å². The van der Waals surface area contributed by atoms with Gasteiger partial charge in [-0.05, 0) is 62.7 Å². The van der Waals surface area contributed by atoms with E-state index in [1.54, 1.807) is 0 Å². The molecule has 0 saturated heterocycles. The maximum atomic E-state index is 12.4. The average molecular weight is 304 g/mol. The molecule has 6 atom stereocenters. The lowest BCUT2D eigenvalue weighted by Gasteiger charge is -2.57. The van der Waals surface area contributed by atoms with Gasteiger partial charge in [0.25, 0.3) is 0 Å². The summed E-state index contributed by atoms with van der Waals surface area (Å²) in [5.41, 5.74) is 1.11. The molecule has 122 valence electrons. The van der Waals surface area contributed by atoms with Crippen LogP contribution in [0.1, 0.15) is 58.3 Å². The van der Waals surface area contributed by atoms with Gasteiger partial charge < -0.3 is 10.2 Å². The Balaban J connectivity index is 1.72. The molecule has 22 heavy (non-hydrogen) atoms. The van der Waals surface area contributed by atoms with Gasteiger partial charge in [-0.2, -0.15) is 0 Å². The van der Waals surface area contributed by atoms with E-state index in [-0.39, 0.29) is 23.5 Å². The first-order valence-corrected chi connectivity index (χ1v) is 9.03. The van der Waals surface area contributed by atoms with Gasteiger partial charge in [-0.3, -0.25) is 4.79 Å². The molecule has 2 N–H and O–H groups in total. The van der Waals surface area contributed by atoms with Gasteiger partial charge in [0.2, 0.25) is 0 Å². The van der Waals surface area contributed by atoms with Crippen molar-refractivity contribution in [3.8, 4) is 0 Å². The zero-order valence-corrected chi connectivity index (χ0v) is 13.6. The second kappa shape index (κ2) is 4.91. The number of Topliss-reactive ketones (excluding diaryl/α,β-unsaturated/α-hetero) is 1. The maximum Gasteiger partial charge on any atom is 0.139 e. The maximum absolute atomic E-state index is 12.4. The Morgan fingerprint density at radius 1 is 1.23 bits per heavy atom. The number of aliphatic hydroxyl groups is 2. The minimum Gasteiger partial charge on any atom is -0.395 e. The fourth-order valence-electron chi connectivity index (χ4n) is 6.50. The van der Waals surface area contributed by atoms with Crippen LogP contribution in [-0.2, 0) is 4.79 Å². The number of fused-ring (bicyclic) bond motifs is 5. The third-order valence-electron chi connectivity index (χ3n) is 7.79. The van der Waals surface area contributed by atoms with Crippen molar-refractivity contribution < 1.29 is 15.0 Å². The molecular formula is C19H28O3. The van der Waals surface area contributed by atoms with Gasteiger partial charge in [0.05, 0.1) is 12.7 Å². The first-order chi connectivity index (χ1) is 10.5. The molecule has 0 aromatic heterocycles. The summed E-state index contributed by atoms with van der Waals surface area (Å²) in [6, 6.07) is 0. The summed E-state index contributed by atoms with van der Waals surface area (Å²) in [4.78, 5) is 12.4. The molecule has 0 unspecified atom stereocenters. The minimum absolute atomic E-state index is 0.0999. The highest BCUT2D eigenvalue weighted by atomic mass is 16.3. The molecule has 4 rings (SSSR count). The molecule has 0 amide bonds. The monoisotopic (exact) mass is 304 g/mol. The molecule has 0 aliphatic heterocycles. The van der Waals surface area contributed by atoms with Crippen LogP contribution in [0.4, 0.5) is 0 Å². The standard InChI is InChI=1S/C19H28O3/c1-18-8-7-16-14(15(18)4-5-17(18)22)3-2-12-10-13(21)6-9-19(12,16)11-20/h2,13-16,20-21H,3-11H2,1H3/t13-,14-,15+,16+,18-,19+/m0/s1. The first-order valence-electron chi connectivity index (χ1n) is 9.03. The Labute approximate surface area is 132 Å². The highest BCUT2D eigenvalue weighted by Crippen LogP contribution is 2.63. The molecule has 0 bridgehead atoms. The lowest BCUT2D eigenvalue weighted by atomic mass is 9.47. The zero-order valence-electron chi connectivity index (χ0n) is 13.6. The third kappa shape index (κ3) is 1.78. The highest BCUT2D eigenvalue weighted by molar-refractivity contribution is 5.87. The Hall–Kier alpha value is -0.670. The molecule has 0 spiro atoms. The van der Waals surface area contributed by atoms with E-state index in [2.05, 4.69) is 13.0 Å². The summed E-state index contributed by atoms with van der Waals surface area (Å²) in [6.07, 6.45) is 9.45. The molecule has 3 nitrogen and oxygen atoms in total. The van der Waals surface area contributed by atoms with Crippen LogP contribution in [0.2, 0.25) is 0 Å². The second-order valence-corrected chi connectivity index (χ2v) is 8.47. The van der Waals surface area contributed by atoms with Crippen molar-refractivity contribution in [1.82, 2.24) is 0 Å². The zero-order chi connectivity index (χ0) is 15.5. The summed E-state index contributed by atoms with van der Waals surface area (Å²) in [5, 5.41) is 20.3. The first kappa shape index (κ1) is 14.9. The van der Waals surface area contributed by atoms with Crippen LogP contribution in [0.15, 0.2) is 11.6 Å². The number of carbonyl (C=O) groups is 1. The fourth-order valence-corrected chi connectivity index (χ4v) is 6.50. The van der Waals surface area contributed by atoms with Gasteiger partial charge in [-0.1, -0.05) is 18.6 Å². The summed E-state index contributed by atoms with van der Waals surface area (Å²) in [6.45, 7) is 2.41. The van der Waals surface area contributed by atoms with Crippen molar-refractivity contribution in [2.75, 3.05) is 6.61 Å². The second-order valence-electron chi connectivity index (χ2n) is 8.47. The number of aliphatic hydroxyl groups excluding tert-OH is 2. The molecular weight excluding hydrogens is 276 g/mol. The van der Waals surface area contributed by atoms with Gasteiger partial charge in [-0.15, -0.1) is 0 Å². The van der Waals surface area contributed by atoms with Crippen LogP contribution in [-0.4, -0.2) is 28.7 Å². The van der Waals surface area contributed by atoms with E-state index < -0.39 is 0 Å². The molecule has 0 aromatic carbocycles. The predicted molar refractivity (Wildman–Crippen MR) is 84.1 cm³/mol. The number of ketones is 1. The van der Waals surface area contributed by atoms with Crippen molar-refractivity contribution in [3.63, 3.8) is 0 Å². The quantitative estimate of drug-likeness (QED) is 0.732.